The van der Waals surface area contributed by atoms with E-state index in [1.54, 1.807) is 6.08 Å². The molecule has 10 heteroatoms. The number of thioether (sulfide) groups is 1. The highest BCUT2D eigenvalue weighted by Gasteiger charge is 2.36. The molecule has 0 unspecified atom stereocenters. The molecule has 1 N–H and O–H groups in total. The molecular formula is C24H23BrN6O2S. The number of aromatic nitrogens is 1. The number of hydrazone groups is 1. The zero-order valence-electron chi connectivity index (χ0n) is 18.8. The Labute approximate surface area is 210 Å². The smallest absolute Gasteiger partial charge is 0.283 e. The first-order valence-electron chi connectivity index (χ1n) is 11.0. The summed E-state index contributed by atoms with van der Waals surface area (Å²) in [6, 6.07) is 9.99. The molecule has 3 aliphatic heterocycles. The van der Waals surface area contributed by atoms with Gasteiger partial charge in [-0.3, -0.25) is 15.0 Å². The molecule has 2 aromatic rings. The number of carbonyl (C=O) groups excluding carboxylic acids is 2. The molecule has 3 aliphatic rings. The summed E-state index contributed by atoms with van der Waals surface area (Å²) in [5.74, 6) is -0.477. The predicted octanol–water partition coefficient (Wildman–Crippen LogP) is 4.49. The van der Waals surface area contributed by atoms with E-state index in [4.69, 9.17) is 5.41 Å². The van der Waals surface area contributed by atoms with Gasteiger partial charge in [0.1, 0.15) is 5.04 Å². The van der Waals surface area contributed by atoms with Gasteiger partial charge in [0.25, 0.3) is 5.91 Å². The molecule has 0 radical (unpaired) electrons. The normalized spacial score (nSPS) is 19.1. The first-order valence-corrected chi connectivity index (χ1v) is 12.6. The van der Waals surface area contributed by atoms with Crippen LogP contribution in [0.25, 0.3) is 11.8 Å². The molecular weight excluding hydrogens is 516 g/mol. The Balaban J connectivity index is 1.42. The number of nitrogens with zero attached hydrogens (tertiary/aromatic N) is 5. The summed E-state index contributed by atoms with van der Waals surface area (Å²) in [5.41, 5.74) is 3.99. The van der Waals surface area contributed by atoms with Crippen LogP contribution in [-0.4, -0.2) is 55.4 Å². The zero-order chi connectivity index (χ0) is 24.0. The van der Waals surface area contributed by atoms with Crippen molar-refractivity contribution in [3.63, 3.8) is 0 Å². The summed E-state index contributed by atoms with van der Waals surface area (Å²) in [6.45, 7) is 5.55. The van der Waals surface area contributed by atoms with E-state index in [2.05, 4.69) is 30.6 Å². The van der Waals surface area contributed by atoms with Gasteiger partial charge in [-0.25, -0.2) is 0 Å². The molecule has 34 heavy (non-hydrogen) atoms. The summed E-state index contributed by atoms with van der Waals surface area (Å²) in [4.78, 5) is 31.3. The quantitative estimate of drug-likeness (QED) is 0.580. The van der Waals surface area contributed by atoms with E-state index >= 15 is 0 Å². The summed E-state index contributed by atoms with van der Waals surface area (Å²) < 4.78 is 3.08. The number of nitrogens with one attached hydrogen (secondary N) is 1. The van der Waals surface area contributed by atoms with E-state index in [0.29, 0.717) is 10.2 Å². The molecule has 5 rings (SSSR count). The first-order chi connectivity index (χ1) is 16.3. The lowest BCUT2D eigenvalue weighted by molar-refractivity contribution is -0.128. The summed E-state index contributed by atoms with van der Waals surface area (Å²) in [7, 11) is 0. The minimum absolute atomic E-state index is 0.0257. The fraction of sp³-hybridized carbons (Fsp3) is 0.292. The lowest BCUT2D eigenvalue weighted by Gasteiger charge is -2.20. The Bertz CT molecular complexity index is 1320. The lowest BCUT2D eigenvalue weighted by atomic mass is 10.1. The number of likely N-dealkylation sites (tertiary alicyclic amines) is 1. The molecule has 0 spiro atoms. The van der Waals surface area contributed by atoms with E-state index in [-0.39, 0.29) is 23.7 Å². The van der Waals surface area contributed by atoms with Gasteiger partial charge in [-0.15, -0.1) is 0 Å². The van der Waals surface area contributed by atoms with Crippen LogP contribution >= 0.6 is 27.7 Å². The second kappa shape index (κ2) is 8.99. The van der Waals surface area contributed by atoms with Crippen molar-refractivity contribution in [2.75, 3.05) is 13.1 Å². The Morgan fingerprint density at radius 2 is 2.00 bits per heavy atom. The molecule has 0 bridgehead atoms. The van der Waals surface area contributed by atoms with Crippen LogP contribution < -0.4 is 0 Å². The third-order valence-electron chi connectivity index (χ3n) is 6.09. The molecule has 2 amide bonds. The summed E-state index contributed by atoms with van der Waals surface area (Å²) in [5, 5.41) is 15.3. The number of rotatable bonds is 4. The van der Waals surface area contributed by atoms with Gasteiger partial charge in [0.2, 0.25) is 11.1 Å². The monoisotopic (exact) mass is 538 g/mol. The van der Waals surface area contributed by atoms with Gasteiger partial charge in [0.15, 0.2) is 5.84 Å². The second-order valence-corrected chi connectivity index (χ2v) is 10.4. The molecule has 174 valence electrons. The van der Waals surface area contributed by atoms with E-state index in [9.17, 15) is 9.59 Å². The first kappa shape index (κ1) is 22.8. The molecule has 1 fully saturated rings. The molecule has 1 aromatic heterocycles. The average molecular weight is 539 g/mol. The number of aryl methyl sites for hydroxylation is 1. The molecule has 4 heterocycles. The number of amidine groups is 2. The molecule has 8 nitrogen and oxygen atoms in total. The highest BCUT2D eigenvalue weighted by molar-refractivity contribution is 9.10. The van der Waals surface area contributed by atoms with Gasteiger partial charge in [0.05, 0.1) is 12.0 Å². The van der Waals surface area contributed by atoms with Gasteiger partial charge in [-0.05, 0) is 74.4 Å². The Hall–Kier alpha value is -2.98. The van der Waals surface area contributed by atoms with Crippen molar-refractivity contribution in [3.8, 4) is 5.69 Å². The van der Waals surface area contributed by atoms with E-state index < -0.39 is 5.91 Å². The van der Waals surface area contributed by atoms with Crippen LogP contribution in [0.1, 0.15) is 36.2 Å². The number of hydrogen-bond donors (Lipinski definition) is 1. The minimum atomic E-state index is -0.474. The van der Waals surface area contributed by atoms with Crippen LogP contribution in [0.2, 0.25) is 0 Å². The van der Waals surface area contributed by atoms with E-state index in [1.165, 1.54) is 16.8 Å². The Morgan fingerprint density at radius 1 is 1.24 bits per heavy atom. The molecule has 0 atom stereocenters. The average Bonchev–Trinajstić information content (AvgIpc) is 3.51. The van der Waals surface area contributed by atoms with E-state index in [0.717, 1.165) is 53.0 Å². The largest absolute Gasteiger partial charge is 0.342 e. The molecule has 1 aromatic carbocycles. The van der Waals surface area contributed by atoms with Crippen LogP contribution in [0.15, 0.2) is 50.5 Å². The van der Waals surface area contributed by atoms with Crippen molar-refractivity contribution in [1.29, 1.82) is 5.41 Å². The third kappa shape index (κ3) is 4.16. The van der Waals surface area contributed by atoms with E-state index in [1.807, 2.05) is 49.1 Å². The van der Waals surface area contributed by atoms with Crippen LogP contribution in [0.5, 0.6) is 0 Å². The topological polar surface area (TPSA) is 94.1 Å². The van der Waals surface area contributed by atoms with Crippen molar-refractivity contribution in [3.05, 3.63) is 57.3 Å². The van der Waals surface area contributed by atoms with Crippen LogP contribution in [0.3, 0.4) is 0 Å². The van der Waals surface area contributed by atoms with Gasteiger partial charge in [-0.2, -0.15) is 15.1 Å². The maximum atomic E-state index is 12.8. The minimum Gasteiger partial charge on any atom is -0.342 e. The SMILES string of the molecule is Cc1cc(/C=C2/C(=N)N3N=C(CC(=O)N4CCCC4)SC3=NC2=O)c(C)n1-c1cccc(Br)c1. The van der Waals surface area contributed by atoms with Gasteiger partial charge in [0, 0.05) is 34.6 Å². The van der Waals surface area contributed by atoms with Crippen molar-refractivity contribution < 1.29 is 9.59 Å². The van der Waals surface area contributed by atoms with Gasteiger partial charge in [-0.1, -0.05) is 22.0 Å². The van der Waals surface area contributed by atoms with Crippen molar-refractivity contribution in [2.45, 2.75) is 33.1 Å². The summed E-state index contributed by atoms with van der Waals surface area (Å²) in [6.07, 6.45) is 3.92. The molecule has 0 aliphatic carbocycles. The molecule has 0 saturated carbocycles. The number of carbonyl (C=O) groups is 2. The standard InChI is InChI=1S/C24H23BrN6O2S/c1-14-10-16(15(2)30(14)18-7-5-6-17(25)12-18)11-19-22(26)31-24(27-23(19)33)34-20(28-31)13-21(32)29-8-3-4-9-29/h5-7,10-12,26H,3-4,8-9,13H2,1-2H3/b19-11-,26-22?. The Morgan fingerprint density at radius 3 is 2.74 bits per heavy atom. The fourth-order valence-corrected chi connectivity index (χ4v) is 5.68. The zero-order valence-corrected chi connectivity index (χ0v) is 21.2. The van der Waals surface area contributed by atoms with Crippen LogP contribution in [-0.2, 0) is 9.59 Å². The number of amides is 2. The van der Waals surface area contributed by atoms with Gasteiger partial charge >= 0.3 is 0 Å². The summed E-state index contributed by atoms with van der Waals surface area (Å²) >= 11 is 4.71. The van der Waals surface area contributed by atoms with Crippen LogP contribution in [0.4, 0.5) is 0 Å². The van der Waals surface area contributed by atoms with Crippen molar-refractivity contribution in [2.24, 2.45) is 10.1 Å². The second-order valence-electron chi connectivity index (χ2n) is 8.42. The highest BCUT2D eigenvalue weighted by atomic mass is 79.9. The number of halogens is 1. The predicted molar refractivity (Wildman–Crippen MR) is 138 cm³/mol. The number of hydrogen-bond acceptors (Lipinski definition) is 5. The van der Waals surface area contributed by atoms with Crippen molar-refractivity contribution >= 4 is 61.6 Å². The number of benzene rings is 1. The number of fused-ring (bicyclic) bond motifs is 1. The van der Waals surface area contributed by atoms with Crippen LogP contribution in [0, 0.1) is 19.3 Å². The number of aliphatic imine (C=N–C) groups is 1. The van der Waals surface area contributed by atoms with Crippen molar-refractivity contribution in [1.82, 2.24) is 14.5 Å². The fourth-order valence-electron chi connectivity index (χ4n) is 4.41. The van der Waals surface area contributed by atoms with Gasteiger partial charge < -0.3 is 9.47 Å². The lowest BCUT2D eigenvalue weighted by Crippen LogP contribution is -2.35. The maximum Gasteiger partial charge on any atom is 0.283 e. The highest BCUT2D eigenvalue weighted by Crippen LogP contribution is 2.31. The third-order valence-corrected chi connectivity index (χ3v) is 7.50. The maximum absolute atomic E-state index is 12.8. The Kier molecular flexibility index (Phi) is 6.03. The molecule has 1 saturated heterocycles.